The predicted octanol–water partition coefficient (Wildman–Crippen LogP) is 4.23. The molecule has 15 heavy (non-hydrogen) atoms. The third-order valence-corrected chi connectivity index (χ3v) is 2.90. The van der Waals surface area contributed by atoms with Gasteiger partial charge in [0.25, 0.3) is 0 Å². The van der Waals surface area contributed by atoms with Gasteiger partial charge in [-0.15, -0.1) is 0 Å². The lowest BCUT2D eigenvalue weighted by Crippen LogP contribution is -2.27. The average molecular weight is 213 g/mol. The molecule has 0 spiro atoms. The van der Waals surface area contributed by atoms with Crippen LogP contribution in [-0.2, 0) is 0 Å². The first-order valence-electron chi connectivity index (χ1n) is 6.95. The van der Waals surface area contributed by atoms with Gasteiger partial charge in [-0.05, 0) is 37.8 Å². The zero-order valence-electron chi connectivity index (χ0n) is 11.3. The average Bonchev–Trinajstić information content (AvgIpc) is 3.04. The van der Waals surface area contributed by atoms with E-state index in [0.29, 0.717) is 0 Å². The van der Waals surface area contributed by atoms with E-state index in [-0.39, 0.29) is 0 Å². The van der Waals surface area contributed by atoms with Gasteiger partial charge in [0.1, 0.15) is 0 Å². The molecular weight excluding hydrogens is 182 g/mol. The molecule has 1 saturated heterocycles. The minimum absolute atomic E-state index is 1.02. The molecule has 1 aliphatic carbocycles. The topological polar surface area (TPSA) is 12.0 Å². The van der Waals surface area contributed by atoms with E-state index < -0.39 is 0 Å². The molecule has 0 aromatic carbocycles. The van der Waals surface area contributed by atoms with Crippen LogP contribution in [-0.4, -0.2) is 13.1 Å². The SMILES string of the molecule is CC1CC1.CCC.CCC1CCNCC1. The number of piperidine rings is 1. The van der Waals surface area contributed by atoms with E-state index in [0.717, 1.165) is 11.8 Å². The van der Waals surface area contributed by atoms with E-state index in [1.54, 1.807) is 0 Å². The van der Waals surface area contributed by atoms with Crippen LogP contribution in [0.1, 0.15) is 66.2 Å². The Morgan fingerprint density at radius 1 is 0.933 bits per heavy atom. The van der Waals surface area contributed by atoms with Crippen LogP contribution in [0.5, 0.6) is 0 Å². The molecule has 0 bridgehead atoms. The van der Waals surface area contributed by atoms with Crippen molar-refractivity contribution in [2.24, 2.45) is 11.8 Å². The molecule has 0 aromatic rings. The van der Waals surface area contributed by atoms with Crippen molar-refractivity contribution in [3.8, 4) is 0 Å². The van der Waals surface area contributed by atoms with Crippen LogP contribution in [0.2, 0.25) is 0 Å². The quantitative estimate of drug-likeness (QED) is 0.687. The molecule has 2 fully saturated rings. The van der Waals surface area contributed by atoms with Gasteiger partial charge in [0.15, 0.2) is 0 Å². The lowest BCUT2D eigenvalue weighted by atomic mass is 9.96. The predicted molar refractivity (Wildman–Crippen MR) is 70.2 cm³/mol. The maximum atomic E-state index is 3.35. The Balaban J connectivity index is 0.000000234. The number of nitrogens with one attached hydrogen (secondary N) is 1. The maximum Gasteiger partial charge on any atom is -0.00463 e. The summed E-state index contributed by atoms with van der Waals surface area (Å²) in [5.41, 5.74) is 0. The molecule has 1 nitrogen and oxygen atoms in total. The smallest absolute Gasteiger partial charge is 0.00463 e. The Morgan fingerprint density at radius 3 is 1.53 bits per heavy atom. The van der Waals surface area contributed by atoms with Crippen molar-refractivity contribution in [3.05, 3.63) is 0 Å². The molecule has 2 aliphatic rings. The standard InChI is InChI=1S/C7H15N.C4H8.C3H8/c1-2-7-3-5-8-6-4-7;1-4-2-3-4;1-3-2/h7-8H,2-6H2,1H3;4H,2-3H2,1H3;3H2,1-2H3. The van der Waals surface area contributed by atoms with Crippen LogP contribution in [0.3, 0.4) is 0 Å². The molecule has 0 atom stereocenters. The van der Waals surface area contributed by atoms with Crippen molar-refractivity contribution in [1.29, 1.82) is 0 Å². The van der Waals surface area contributed by atoms with E-state index in [1.165, 1.54) is 51.6 Å². The van der Waals surface area contributed by atoms with Crippen LogP contribution in [0.4, 0.5) is 0 Å². The highest BCUT2D eigenvalue weighted by atomic mass is 14.9. The van der Waals surface area contributed by atoms with E-state index in [9.17, 15) is 0 Å². The lowest BCUT2D eigenvalue weighted by molar-refractivity contribution is 0.365. The molecule has 1 heterocycles. The Labute approximate surface area is 97.0 Å². The fraction of sp³-hybridized carbons (Fsp3) is 1.00. The fourth-order valence-electron chi connectivity index (χ4n) is 1.46. The maximum absolute atomic E-state index is 3.35. The van der Waals surface area contributed by atoms with Gasteiger partial charge >= 0.3 is 0 Å². The molecular formula is C14H31N. The van der Waals surface area contributed by atoms with Gasteiger partial charge < -0.3 is 5.32 Å². The van der Waals surface area contributed by atoms with Crippen molar-refractivity contribution >= 4 is 0 Å². The molecule has 1 heteroatoms. The first-order chi connectivity index (χ1) is 7.24. The van der Waals surface area contributed by atoms with Gasteiger partial charge in [-0.25, -0.2) is 0 Å². The van der Waals surface area contributed by atoms with Gasteiger partial charge in [-0.3, -0.25) is 0 Å². The summed E-state index contributed by atoms with van der Waals surface area (Å²) < 4.78 is 0. The minimum atomic E-state index is 1.02. The summed E-state index contributed by atoms with van der Waals surface area (Å²) in [5.74, 6) is 2.11. The molecule has 0 radical (unpaired) electrons. The van der Waals surface area contributed by atoms with E-state index >= 15 is 0 Å². The first-order valence-corrected chi connectivity index (χ1v) is 6.95. The summed E-state index contributed by atoms with van der Waals surface area (Å²) in [5, 5.41) is 3.35. The van der Waals surface area contributed by atoms with Crippen molar-refractivity contribution in [2.45, 2.75) is 66.2 Å². The molecule has 1 saturated carbocycles. The Hall–Kier alpha value is -0.0400. The van der Waals surface area contributed by atoms with Crippen LogP contribution in [0.15, 0.2) is 0 Å². The normalized spacial score (nSPS) is 20.8. The van der Waals surface area contributed by atoms with E-state index in [4.69, 9.17) is 0 Å². The van der Waals surface area contributed by atoms with Gasteiger partial charge in [0.2, 0.25) is 0 Å². The second kappa shape index (κ2) is 10.5. The molecule has 0 unspecified atom stereocenters. The summed E-state index contributed by atoms with van der Waals surface area (Å²) in [4.78, 5) is 0. The second-order valence-corrected chi connectivity index (χ2v) is 4.99. The summed E-state index contributed by atoms with van der Waals surface area (Å²) in [6.07, 6.45) is 8.40. The Bertz CT molecular complexity index is 113. The van der Waals surface area contributed by atoms with Crippen molar-refractivity contribution in [2.75, 3.05) is 13.1 Å². The Kier molecular flexibility index (Phi) is 10.4. The monoisotopic (exact) mass is 213 g/mol. The number of hydrogen-bond acceptors (Lipinski definition) is 1. The van der Waals surface area contributed by atoms with Gasteiger partial charge in [0.05, 0.1) is 0 Å². The molecule has 1 aliphatic heterocycles. The molecule has 0 aromatic heterocycles. The zero-order chi connectivity index (χ0) is 11.5. The van der Waals surface area contributed by atoms with Gasteiger partial charge in [0, 0.05) is 0 Å². The highest BCUT2D eigenvalue weighted by Crippen LogP contribution is 2.26. The van der Waals surface area contributed by atoms with Crippen LogP contribution < -0.4 is 5.32 Å². The lowest BCUT2D eigenvalue weighted by Gasteiger charge is -2.20. The number of rotatable bonds is 1. The third-order valence-electron chi connectivity index (χ3n) is 2.90. The molecule has 0 amide bonds. The van der Waals surface area contributed by atoms with Crippen LogP contribution in [0, 0.1) is 11.8 Å². The van der Waals surface area contributed by atoms with Gasteiger partial charge in [-0.1, -0.05) is 53.4 Å². The third kappa shape index (κ3) is 11.9. The summed E-state index contributed by atoms with van der Waals surface area (Å²) in [6.45, 7) is 11.3. The van der Waals surface area contributed by atoms with Gasteiger partial charge in [-0.2, -0.15) is 0 Å². The highest BCUT2D eigenvalue weighted by molar-refractivity contribution is 4.66. The zero-order valence-corrected chi connectivity index (χ0v) is 11.3. The highest BCUT2D eigenvalue weighted by Gasteiger charge is 2.12. The summed E-state index contributed by atoms with van der Waals surface area (Å²) >= 11 is 0. The first kappa shape index (κ1) is 15.0. The van der Waals surface area contributed by atoms with Crippen molar-refractivity contribution < 1.29 is 0 Å². The molecule has 2 rings (SSSR count). The minimum Gasteiger partial charge on any atom is -0.317 e. The molecule has 92 valence electrons. The fourth-order valence-corrected chi connectivity index (χ4v) is 1.46. The largest absolute Gasteiger partial charge is 0.317 e. The van der Waals surface area contributed by atoms with Crippen LogP contribution >= 0.6 is 0 Å². The molecule has 1 N–H and O–H groups in total. The van der Waals surface area contributed by atoms with Crippen molar-refractivity contribution in [3.63, 3.8) is 0 Å². The van der Waals surface area contributed by atoms with E-state index in [1.807, 2.05) is 0 Å². The van der Waals surface area contributed by atoms with Crippen LogP contribution in [0.25, 0.3) is 0 Å². The van der Waals surface area contributed by atoms with E-state index in [2.05, 4.69) is 33.0 Å². The second-order valence-electron chi connectivity index (χ2n) is 4.99. The Morgan fingerprint density at radius 2 is 1.33 bits per heavy atom. The summed E-state index contributed by atoms with van der Waals surface area (Å²) in [6, 6.07) is 0. The number of hydrogen-bond donors (Lipinski definition) is 1. The summed E-state index contributed by atoms with van der Waals surface area (Å²) in [7, 11) is 0. The van der Waals surface area contributed by atoms with Crippen molar-refractivity contribution in [1.82, 2.24) is 5.32 Å².